The van der Waals surface area contributed by atoms with Gasteiger partial charge in [-0.1, -0.05) is 32.0 Å². The van der Waals surface area contributed by atoms with Crippen molar-refractivity contribution in [2.45, 2.75) is 64.7 Å². The number of hydrogen-bond acceptors (Lipinski definition) is 5. The van der Waals surface area contributed by atoms with Gasteiger partial charge in [-0.2, -0.15) is 0 Å². The fourth-order valence-electron chi connectivity index (χ4n) is 6.16. The second kappa shape index (κ2) is 7.71. The number of hydrogen-bond donors (Lipinski definition) is 2. The first-order valence-electron chi connectivity index (χ1n) is 11.6. The highest BCUT2D eigenvalue weighted by atomic mass is 16.2. The van der Waals surface area contributed by atoms with Crippen molar-refractivity contribution in [3.05, 3.63) is 34.9 Å². The van der Waals surface area contributed by atoms with Crippen LogP contribution in [0.2, 0.25) is 0 Å². The number of benzene rings is 1. The summed E-state index contributed by atoms with van der Waals surface area (Å²) in [5, 5.41) is 6.01. The molecule has 3 saturated heterocycles. The maximum absolute atomic E-state index is 13.3. The molecule has 166 valence electrons. The van der Waals surface area contributed by atoms with Gasteiger partial charge in [0.05, 0.1) is 0 Å². The smallest absolute Gasteiger partial charge is 0.255 e. The van der Waals surface area contributed by atoms with Crippen LogP contribution in [0.3, 0.4) is 0 Å². The molecule has 2 N–H and O–H groups in total. The van der Waals surface area contributed by atoms with E-state index in [0.29, 0.717) is 30.3 Å². The topological polar surface area (TPSA) is 81.8 Å². The summed E-state index contributed by atoms with van der Waals surface area (Å²) < 4.78 is 0. The van der Waals surface area contributed by atoms with Crippen molar-refractivity contribution in [2.24, 2.45) is 11.3 Å². The van der Waals surface area contributed by atoms with E-state index in [1.165, 1.54) is 12.8 Å². The molecule has 0 bridgehead atoms. The highest BCUT2D eigenvalue weighted by Gasteiger charge is 2.49. The lowest BCUT2D eigenvalue weighted by molar-refractivity contribution is -0.136. The summed E-state index contributed by atoms with van der Waals surface area (Å²) in [6.07, 6.45) is 3.09. The van der Waals surface area contributed by atoms with Crippen LogP contribution in [-0.4, -0.2) is 59.2 Å². The van der Waals surface area contributed by atoms with Gasteiger partial charge in [0, 0.05) is 43.1 Å². The van der Waals surface area contributed by atoms with Crippen molar-refractivity contribution < 1.29 is 14.4 Å². The predicted molar refractivity (Wildman–Crippen MR) is 116 cm³/mol. The first kappa shape index (κ1) is 20.6. The first-order chi connectivity index (χ1) is 14.9. The summed E-state index contributed by atoms with van der Waals surface area (Å²) in [5.41, 5.74) is 3.25. The molecular formula is C24H32N4O3. The minimum Gasteiger partial charge on any atom is -0.322 e. The minimum atomic E-state index is -0.556. The molecule has 2 atom stereocenters. The number of piperidine rings is 2. The van der Waals surface area contributed by atoms with Gasteiger partial charge in [-0.3, -0.25) is 24.6 Å². The van der Waals surface area contributed by atoms with Crippen LogP contribution in [0.25, 0.3) is 0 Å². The zero-order valence-electron chi connectivity index (χ0n) is 18.4. The highest BCUT2D eigenvalue weighted by Crippen LogP contribution is 2.43. The quantitative estimate of drug-likeness (QED) is 0.719. The van der Waals surface area contributed by atoms with Crippen LogP contribution in [0, 0.1) is 11.3 Å². The van der Waals surface area contributed by atoms with Gasteiger partial charge in [0.1, 0.15) is 6.04 Å². The largest absolute Gasteiger partial charge is 0.322 e. The molecule has 7 heteroatoms. The molecular weight excluding hydrogens is 392 g/mol. The molecule has 7 nitrogen and oxygen atoms in total. The third kappa shape index (κ3) is 3.48. The number of fused-ring (bicyclic) bond motifs is 1. The molecule has 4 aliphatic heterocycles. The van der Waals surface area contributed by atoms with Crippen LogP contribution in [0.5, 0.6) is 0 Å². The molecule has 3 amide bonds. The van der Waals surface area contributed by atoms with E-state index in [1.54, 1.807) is 4.90 Å². The highest BCUT2D eigenvalue weighted by molar-refractivity contribution is 6.05. The summed E-state index contributed by atoms with van der Waals surface area (Å²) in [5.74, 6) is -0.0188. The van der Waals surface area contributed by atoms with E-state index in [9.17, 15) is 14.4 Å². The van der Waals surface area contributed by atoms with Crippen molar-refractivity contribution in [3.63, 3.8) is 0 Å². The fraction of sp³-hybridized carbons (Fsp3) is 0.625. The van der Waals surface area contributed by atoms with Gasteiger partial charge in [-0.25, -0.2) is 0 Å². The Morgan fingerprint density at radius 3 is 2.58 bits per heavy atom. The third-order valence-electron chi connectivity index (χ3n) is 7.89. The Labute approximate surface area is 183 Å². The third-order valence-corrected chi connectivity index (χ3v) is 7.89. The maximum atomic E-state index is 13.3. The van der Waals surface area contributed by atoms with Gasteiger partial charge >= 0.3 is 0 Å². The molecule has 4 heterocycles. The molecule has 3 fully saturated rings. The summed E-state index contributed by atoms with van der Waals surface area (Å²) in [4.78, 5) is 41.2. The number of amides is 3. The van der Waals surface area contributed by atoms with Crippen molar-refractivity contribution in [3.8, 4) is 0 Å². The second-order valence-corrected chi connectivity index (χ2v) is 10.1. The van der Waals surface area contributed by atoms with Crippen molar-refractivity contribution in [1.82, 2.24) is 20.4 Å². The summed E-state index contributed by atoms with van der Waals surface area (Å²) in [7, 11) is 0. The van der Waals surface area contributed by atoms with Gasteiger partial charge < -0.3 is 10.2 Å². The van der Waals surface area contributed by atoms with Gasteiger partial charge in [-0.15, -0.1) is 0 Å². The molecule has 2 unspecified atom stereocenters. The molecule has 1 aromatic rings. The number of carbonyl (C=O) groups is 3. The van der Waals surface area contributed by atoms with Crippen LogP contribution < -0.4 is 10.6 Å². The molecule has 0 saturated carbocycles. The van der Waals surface area contributed by atoms with Crippen molar-refractivity contribution >= 4 is 17.7 Å². The van der Waals surface area contributed by atoms with Gasteiger partial charge in [0.2, 0.25) is 11.8 Å². The lowest BCUT2D eigenvalue weighted by atomic mass is 9.63. The Hall–Kier alpha value is -2.25. The number of likely N-dealkylation sites (tertiary alicyclic amines) is 1. The van der Waals surface area contributed by atoms with Crippen LogP contribution in [-0.2, 0) is 22.7 Å². The number of imide groups is 1. The predicted octanol–water partition coefficient (Wildman–Crippen LogP) is 1.66. The average molecular weight is 425 g/mol. The lowest BCUT2D eigenvalue weighted by Gasteiger charge is -2.56. The molecule has 5 rings (SSSR count). The van der Waals surface area contributed by atoms with Crippen LogP contribution >= 0.6 is 0 Å². The number of nitrogens with one attached hydrogen (secondary N) is 2. The van der Waals surface area contributed by atoms with E-state index in [2.05, 4.69) is 35.4 Å². The number of nitrogens with zero attached hydrogens (tertiary/aromatic N) is 2. The fourth-order valence-corrected chi connectivity index (χ4v) is 6.16. The average Bonchev–Trinajstić information content (AvgIpc) is 3.05. The zero-order chi connectivity index (χ0) is 21.8. The van der Waals surface area contributed by atoms with E-state index in [1.807, 2.05) is 12.1 Å². The Morgan fingerprint density at radius 2 is 1.94 bits per heavy atom. The van der Waals surface area contributed by atoms with Crippen LogP contribution in [0.15, 0.2) is 18.2 Å². The molecule has 1 aromatic carbocycles. The minimum absolute atomic E-state index is 0.0726. The van der Waals surface area contributed by atoms with Gasteiger partial charge in [0.25, 0.3) is 5.91 Å². The summed E-state index contributed by atoms with van der Waals surface area (Å²) >= 11 is 0. The van der Waals surface area contributed by atoms with E-state index >= 15 is 0 Å². The van der Waals surface area contributed by atoms with Crippen LogP contribution in [0.1, 0.15) is 61.0 Å². The van der Waals surface area contributed by atoms with E-state index < -0.39 is 6.04 Å². The summed E-state index contributed by atoms with van der Waals surface area (Å²) in [6, 6.07) is 6.13. The van der Waals surface area contributed by atoms with E-state index in [0.717, 1.165) is 42.9 Å². The molecule has 0 aromatic heterocycles. The first-order valence-corrected chi connectivity index (χ1v) is 11.6. The van der Waals surface area contributed by atoms with Crippen molar-refractivity contribution in [2.75, 3.05) is 19.6 Å². The van der Waals surface area contributed by atoms with Crippen LogP contribution in [0.4, 0.5) is 0 Å². The van der Waals surface area contributed by atoms with E-state index in [-0.39, 0.29) is 24.1 Å². The number of carbonyl (C=O) groups excluding carboxylic acids is 3. The standard InChI is InChI=1S/C24H32N4O3/c1-15(2)21-24(14-25-21)8-10-27(11-9-24)12-16-4-3-5-17-13-28(23(31)20(16)17)18-6-7-19(29)26-22(18)30/h3-5,15,18,21,25H,6-14H2,1-2H3,(H,26,29,30). The monoisotopic (exact) mass is 424 g/mol. The molecule has 0 aliphatic carbocycles. The Kier molecular flexibility index (Phi) is 5.13. The Morgan fingerprint density at radius 1 is 1.16 bits per heavy atom. The molecule has 4 aliphatic rings. The Balaban J connectivity index is 1.28. The normalized spacial score (nSPS) is 28.1. The van der Waals surface area contributed by atoms with Gasteiger partial charge in [0.15, 0.2) is 0 Å². The zero-order valence-corrected chi connectivity index (χ0v) is 18.4. The second-order valence-electron chi connectivity index (χ2n) is 10.1. The summed E-state index contributed by atoms with van der Waals surface area (Å²) in [6.45, 7) is 9.06. The molecule has 0 radical (unpaired) electrons. The lowest BCUT2D eigenvalue weighted by Crippen LogP contribution is -2.67. The van der Waals surface area contributed by atoms with E-state index in [4.69, 9.17) is 0 Å². The Bertz CT molecular complexity index is 919. The maximum Gasteiger partial charge on any atom is 0.255 e. The number of rotatable bonds is 4. The van der Waals surface area contributed by atoms with Gasteiger partial charge in [-0.05, 0) is 49.4 Å². The van der Waals surface area contributed by atoms with Crippen molar-refractivity contribution in [1.29, 1.82) is 0 Å². The molecule has 31 heavy (non-hydrogen) atoms. The molecule has 1 spiro atoms. The SMILES string of the molecule is CC(C)C1NCC12CCN(Cc1cccc3c1C(=O)N(C1CCC(=O)NC1=O)C3)CC2.